The molecule has 1 aromatic heterocycles. The summed E-state index contributed by atoms with van der Waals surface area (Å²) in [6.07, 6.45) is 0. The van der Waals surface area contributed by atoms with Gasteiger partial charge in [0.15, 0.2) is 4.47 Å². The molecule has 3 nitrogen and oxygen atoms in total. The third-order valence-corrected chi connectivity index (χ3v) is 3.11. The second kappa shape index (κ2) is 5.47. The van der Waals surface area contributed by atoms with Gasteiger partial charge in [-0.1, -0.05) is 23.4 Å². The number of aromatic nitrogens is 1. The summed E-state index contributed by atoms with van der Waals surface area (Å²) >= 11 is 8.30. The number of thiazole rings is 1. The van der Waals surface area contributed by atoms with Crippen LogP contribution >= 0.6 is 34.7 Å². The van der Waals surface area contributed by atoms with Crippen molar-refractivity contribution in [2.75, 3.05) is 12.4 Å². The Morgan fingerprint density at radius 2 is 2.62 bits per heavy atom. The van der Waals surface area contributed by atoms with Gasteiger partial charge >= 0.3 is 5.97 Å². The zero-order chi connectivity index (χ0) is 9.68. The molecule has 0 N–H and O–H groups in total. The fourth-order valence-corrected chi connectivity index (χ4v) is 2.30. The fraction of sp³-hybridized carbons (Fsp3) is 0.429. The SMILES string of the molecule is CCOC(=O)CSc1csc(Cl)n1. The van der Waals surface area contributed by atoms with E-state index in [-0.39, 0.29) is 11.7 Å². The molecule has 0 aliphatic heterocycles. The first-order valence-electron chi connectivity index (χ1n) is 3.62. The maximum Gasteiger partial charge on any atom is 0.316 e. The number of nitrogens with zero attached hydrogens (tertiary/aromatic N) is 1. The number of thioether (sulfide) groups is 1. The van der Waals surface area contributed by atoms with Gasteiger partial charge in [0.25, 0.3) is 0 Å². The lowest BCUT2D eigenvalue weighted by atomic mass is 10.8. The van der Waals surface area contributed by atoms with Crippen LogP contribution in [0.25, 0.3) is 0 Å². The Morgan fingerprint density at radius 3 is 3.15 bits per heavy atom. The van der Waals surface area contributed by atoms with Crippen LogP contribution in [0.2, 0.25) is 4.47 Å². The van der Waals surface area contributed by atoms with Crippen molar-refractivity contribution in [1.29, 1.82) is 0 Å². The predicted molar refractivity (Wildman–Crippen MR) is 54.5 cm³/mol. The van der Waals surface area contributed by atoms with Crippen molar-refractivity contribution in [2.24, 2.45) is 0 Å². The lowest BCUT2D eigenvalue weighted by Crippen LogP contribution is -2.06. The Bertz CT molecular complexity index is 290. The van der Waals surface area contributed by atoms with Crippen LogP contribution < -0.4 is 0 Å². The predicted octanol–water partition coefficient (Wildman–Crippen LogP) is 2.45. The van der Waals surface area contributed by atoms with Crippen LogP contribution in [0, 0.1) is 0 Å². The van der Waals surface area contributed by atoms with E-state index in [0.717, 1.165) is 5.03 Å². The van der Waals surface area contributed by atoms with Gasteiger partial charge in [-0.25, -0.2) is 4.98 Å². The van der Waals surface area contributed by atoms with Gasteiger partial charge in [-0.05, 0) is 6.92 Å². The van der Waals surface area contributed by atoms with Gasteiger partial charge in [0.05, 0.1) is 12.4 Å². The molecule has 72 valence electrons. The lowest BCUT2D eigenvalue weighted by Gasteiger charge is -1.98. The Kier molecular flexibility index (Phi) is 4.55. The first kappa shape index (κ1) is 10.8. The molecule has 6 heteroatoms. The zero-order valence-corrected chi connectivity index (χ0v) is 9.34. The molecule has 0 saturated carbocycles. The molecule has 0 aliphatic rings. The van der Waals surface area contributed by atoms with Crippen LogP contribution in [0.15, 0.2) is 10.4 Å². The molecule has 0 unspecified atom stereocenters. The highest BCUT2D eigenvalue weighted by atomic mass is 35.5. The standard InChI is InChI=1S/C7H8ClNO2S2/c1-2-11-6(10)4-12-5-3-13-7(8)9-5/h3H,2,4H2,1H3. The van der Waals surface area contributed by atoms with Gasteiger partial charge in [0.2, 0.25) is 0 Å². The van der Waals surface area contributed by atoms with Crippen molar-refractivity contribution in [3.05, 3.63) is 9.85 Å². The summed E-state index contributed by atoms with van der Waals surface area (Å²) in [5.74, 6) is 0.0603. The summed E-state index contributed by atoms with van der Waals surface area (Å²) in [5.41, 5.74) is 0. The fourth-order valence-electron chi connectivity index (χ4n) is 0.640. The lowest BCUT2D eigenvalue weighted by molar-refractivity contribution is -0.139. The van der Waals surface area contributed by atoms with Crippen molar-refractivity contribution >= 4 is 40.7 Å². The molecule has 0 aliphatic carbocycles. The molecule has 0 saturated heterocycles. The van der Waals surface area contributed by atoms with Crippen molar-refractivity contribution in [1.82, 2.24) is 4.98 Å². The summed E-state index contributed by atoms with van der Waals surface area (Å²) in [7, 11) is 0. The highest BCUT2D eigenvalue weighted by molar-refractivity contribution is 8.00. The van der Waals surface area contributed by atoms with Gasteiger partial charge in [-0.15, -0.1) is 11.3 Å². The average Bonchev–Trinajstić information content (AvgIpc) is 2.49. The zero-order valence-electron chi connectivity index (χ0n) is 6.95. The van der Waals surface area contributed by atoms with Gasteiger partial charge in [0.1, 0.15) is 5.03 Å². The maximum absolute atomic E-state index is 10.9. The third kappa shape index (κ3) is 3.97. The Morgan fingerprint density at radius 1 is 1.85 bits per heavy atom. The number of halogens is 1. The van der Waals surface area contributed by atoms with Crippen LogP contribution in [0.1, 0.15) is 6.92 Å². The van der Waals surface area contributed by atoms with E-state index in [0.29, 0.717) is 11.1 Å². The summed E-state index contributed by atoms with van der Waals surface area (Å²) in [4.78, 5) is 14.9. The molecule has 1 rings (SSSR count). The van der Waals surface area contributed by atoms with E-state index in [9.17, 15) is 4.79 Å². The van der Waals surface area contributed by atoms with Gasteiger partial charge in [-0.2, -0.15) is 0 Å². The molecule has 0 bridgehead atoms. The van der Waals surface area contributed by atoms with Crippen molar-refractivity contribution in [3.8, 4) is 0 Å². The quantitative estimate of drug-likeness (QED) is 0.596. The molecule has 0 aromatic carbocycles. The third-order valence-electron chi connectivity index (χ3n) is 1.10. The first-order chi connectivity index (χ1) is 6.22. The smallest absolute Gasteiger partial charge is 0.316 e. The second-order valence-corrected chi connectivity index (χ2v) is 4.47. The molecule has 1 aromatic rings. The average molecular weight is 238 g/mol. The number of ether oxygens (including phenoxy) is 1. The summed E-state index contributed by atoms with van der Waals surface area (Å²) in [6, 6.07) is 0. The van der Waals surface area contributed by atoms with Crippen LogP contribution in [-0.4, -0.2) is 23.3 Å². The Hall–Kier alpha value is -0.260. The van der Waals surface area contributed by atoms with E-state index in [1.54, 1.807) is 6.92 Å². The molecule has 0 spiro atoms. The minimum absolute atomic E-state index is 0.225. The normalized spacial score (nSPS) is 10.0. The number of carbonyl (C=O) groups excluding carboxylic acids is 1. The second-order valence-electron chi connectivity index (χ2n) is 2.03. The molecule has 0 atom stereocenters. The number of hydrogen-bond donors (Lipinski definition) is 0. The van der Waals surface area contributed by atoms with Gasteiger partial charge < -0.3 is 4.74 Å². The Balaban J connectivity index is 2.30. The van der Waals surface area contributed by atoms with Crippen molar-refractivity contribution < 1.29 is 9.53 Å². The van der Waals surface area contributed by atoms with Crippen LogP contribution in [0.3, 0.4) is 0 Å². The summed E-state index contributed by atoms with van der Waals surface area (Å²) in [6.45, 7) is 2.19. The molecule has 0 fully saturated rings. The monoisotopic (exact) mass is 237 g/mol. The van der Waals surface area contributed by atoms with Crippen molar-refractivity contribution in [3.63, 3.8) is 0 Å². The number of esters is 1. The van der Waals surface area contributed by atoms with E-state index in [2.05, 4.69) is 4.98 Å². The largest absolute Gasteiger partial charge is 0.465 e. The Labute approximate surface area is 89.5 Å². The number of rotatable bonds is 4. The minimum Gasteiger partial charge on any atom is -0.465 e. The van der Waals surface area contributed by atoms with Gasteiger partial charge in [-0.3, -0.25) is 4.79 Å². The summed E-state index contributed by atoms with van der Waals surface area (Å²) in [5, 5.41) is 2.58. The van der Waals surface area contributed by atoms with Crippen molar-refractivity contribution in [2.45, 2.75) is 11.9 Å². The van der Waals surface area contributed by atoms with E-state index < -0.39 is 0 Å². The molecule has 13 heavy (non-hydrogen) atoms. The van der Waals surface area contributed by atoms with Crippen LogP contribution in [0.5, 0.6) is 0 Å². The molecular formula is C7H8ClNO2S2. The minimum atomic E-state index is -0.225. The highest BCUT2D eigenvalue weighted by Crippen LogP contribution is 2.23. The molecule has 0 radical (unpaired) electrons. The number of hydrogen-bond acceptors (Lipinski definition) is 5. The highest BCUT2D eigenvalue weighted by Gasteiger charge is 2.05. The number of carbonyl (C=O) groups is 1. The van der Waals surface area contributed by atoms with Crippen LogP contribution in [0.4, 0.5) is 0 Å². The molecule has 1 heterocycles. The first-order valence-corrected chi connectivity index (χ1v) is 5.86. The maximum atomic E-state index is 10.9. The topological polar surface area (TPSA) is 39.2 Å². The van der Waals surface area contributed by atoms with E-state index in [1.165, 1.54) is 23.1 Å². The van der Waals surface area contributed by atoms with Crippen LogP contribution in [-0.2, 0) is 9.53 Å². The van der Waals surface area contributed by atoms with E-state index in [4.69, 9.17) is 16.3 Å². The van der Waals surface area contributed by atoms with E-state index >= 15 is 0 Å². The van der Waals surface area contributed by atoms with E-state index in [1.807, 2.05) is 5.38 Å². The molecular weight excluding hydrogens is 230 g/mol. The molecule has 0 amide bonds. The summed E-state index contributed by atoms with van der Waals surface area (Å²) < 4.78 is 5.25. The van der Waals surface area contributed by atoms with Gasteiger partial charge in [0, 0.05) is 5.38 Å².